The molecule has 1 aliphatic heterocycles. The Hall–Kier alpha value is -2.13. The second kappa shape index (κ2) is 10.2. The first-order valence-electron chi connectivity index (χ1n) is 12.4. The van der Waals surface area contributed by atoms with Gasteiger partial charge in [-0.1, -0.05) is 30.3 Å². The number of thioether (sulfide) groups is 1. The van der Waals surface area contributed by atoms with E-state index < -0.39 is 5.82 Å². The molecule has 184 valence electrons. The molecule has 0 radical (unpaired) electrons. The van der Waals surface area contributed by atoms with Crippen LogP contribution in [0.2, 0.25) is 0 Å². The van der Waals surface area contributed by atoms with Gasteiger partial charge in [0.15, 0.2) is 22.5 Å². The number of carbonyl (C=O) groups excluding carboxylic acids is 1. The summed E-state index contributed by atoms with van der Waals surface area (Å²) in [7, 11) is 0. The van der Waals surface area contributed by atoms with Gasteiger partial charge in [0, 0.05) is 19.1 Å². The standard InChI is InChI=1S/C25H33FN4O3S/c1-16(20-14-18-7-8-19(20)13-18)30-23(15-33-22-6-4-3-5-21(22)26)27-28-25(30)34-17(2)24(31)29-9-11-32-12-10-29/h3-6,16-20H,7-15H2,1-2H3/t16-,17+,18+,19+,20+/m1/s1. The van der Waals surface area contributed by atoms with Gasteiger partial charge < -0.3 is 14.4 Å². The maximum Gasteiger partial charge on any atom is 0.236 e. The summed E-state index contributed by atoms with van der Waals surface area (Å²) in [5, 5.41) is 9.37. The number of aromatic nitrogens is 3. The zero-order valence-corrected chi connectivity index (χ0v) is 20.7. The van der Waals surface area contributed by atoms with Crippen molar-refractivity contribution in [3.63, 3.8) is 0 Å². The number of benzene rings is 1. The highest BCUT2D eigenvalue weighted by Gasteiger charge is 2.43. The van der Waals surface area contributed by atoms with Crippen LogP contribution in [0.4, 0.5) is 4.39 Å². The summed E-state index contributed by atoms with van der Waals surface area (Å²) in [6.45, 7) is 6.71. The normalized spacial score (nSPS) is 26.0. The highest BCUT2D eigenvalue weighted by atomic mass is 32.2. The lowest BCUT2D eigenvalue weighted by Crippen LogP contribution is -2.44. The summed E-state index contributed by atoms with van der Waals surface area (Å²) in [6, 6.07) is 6.59. The third-order valence-electron chi connectivity index (χ3n) is 7.70. The molecule has 5 atom stereocenters. The minimum absolute atomic E-state index is 0.0968. The van der Waals surface area contributed by atoms with E-state index in [1.165, 1.54) is 43.5 Å². The van der Waals surface area contributed by atoms with E-state index in [1.54, 1.807) is 18.2 Å². The zero-order valence-electron chi connectivity index (χ0n) is 19.9. The number of nitrogens with zero attached hydrogens (tertiary/aromatic N) is 4. The number of carbonyl (C=O) groups is 1. The Morgan fingerprint density at radius 3 is 2.71 bits per heavy atom. The molecular weight excluding hydrogens is 455 g/mol. The second-order valence-electron chi connectivity index (χ2n) is 9.76. The van der Waals surface area contributed by atoms with Crippen molar-refractivity contribution in [2.24, 2.45) is 17.8 Å². The Kier molecular flexibility index (Phi) is 7.11. The Balaban J connectivity index is 1.36. The Morgan fingerprint density at radius 2 is 2.00 bits per heavy atom. The molecule has 3 aliphatic rings. The van der Waals surface area contributed by atoms with Crippen molar-refractivity contribution >= 4 is 17.7 Å². The predicted octanol–water partition coefficient (Wildman–Crippen LogP) is 4.33. The number of fused-ring (bicyclic) bond motifs is 2. The molecule has 1 aromatic heterocycles. The molecule has 0 unspecified atom stereocenters. The summed E-state index contributed by atoms with van der Waals surface area (Å²) in [4.78, 5) is 14.9. The number of rotatable bonds is 8. The zero-order chi connectivity index (χ0) is 23.7. The molecule has 2 bridgehead atoms. The lowest BCUT2D eigenvalue weighted by Gasteiger charge is -2.31. The van der Waals surface area contributed by atoms with E-state index in [2.05, 4.69) is 21.7 Å². The molecule has 2 saturated carbocycles. The first kappa shape index (κ1) is 23.6. The van der Waals surface area contributed by atoms with Crippen LogP contribution in [0, 0.1) is 23.6 Å². The second-order valence-corrected chi connectivity index (χ2v) is 11.1. The SMILES string of the molecule is C[C@H](Sc1nnc(COc2ccccc2F)n1[C@H](C)[C@@H]1C[C@H]2CC[C@H]1C2)C(=O)N1CCOCC1. The Morgan fingerprint density at radius 1 is 1.21 bits per heavy atom. The molecule has 2 aromatic rings. The van der Waals surface area contributed by atoms with E-state index in [0.717, 1.165) is 17.0 Å². The van der Waals surface area contributed by atoms with E-state index >= 15 is 0 Å². The highest BCUT2D eigenvalue weighted by molar-refractivity contribution is 8.00. The van der Waals surface area contributed by atoms with Gasteiger partial charge in [-0.15, -0.1) is 10.2 Å². The summed E-state index contributed by atoms with van der Waals surface area (Å²) in [5.74, 6) is 2.69. The van der Waals surface area contributed by atoms with Crippen LogP contribution in [-0.2, 0) is 16.1 Å². The van der Waals surface area contributed by atoms with Gasteiger partial charge in [0.1, 0.15) is 6.61 Å². The first-order valence-corrected chi connectivity index (χ1v) is 13.2. The van der Waals surface area contributed by atoms with E-state index in [9.17, 15) is 9.18 Å². The van der Waals surface area contributed by atoms with Crippen LogP contribution in [0.1, 0.15) is 51.4 Å². The van der Waals surface area contributed by atoms with Crippen LogP contribution in [0.15, 0.2) is 29.4 Å². The van der Waals surface area contributed by atoms with Gasteiger partial charge in [0.25, 0.3) is 0 Å². The van der Waals surface area contributed by atoms with E-state index in [4.69, 9.17) is 9.47 Å². The summed E-state index contributed by atoms with van der Waals surface area (Å²) >= 11 is 1.45. The van der Waals surface area contributed by atoms with Gasteiger partial charge in [0.05, 0.1) is 18.5 Å². The van der Waals surface area contributed by atoms with Crippen molar-refractivity contribution in [1.82, 2.24) is 19.7 Å². The minimum atomic E-state index is -0.394. The van der Waals surface area contributed by atoms with Crippen molar-refractivity contribution < 1.29 is 18.7 Å². The van der Waals surface area contributed by atoms with Gasteiger partial charge in [0.2, 0.25) is 5.91 Å². The fraction of sp³-hybridized carbons (Fsp3) is 0.640. The van der Waals surface area contributed by atoms with Gasteiger partial charge >= 0.3 is 0 Å². The quantitative estimate of drug-likeness (QED) is 0.515. The first-order chi connectivity index (χ1) is 16.5. The Labute approximate surface area is 204 Å². The number of amides is 1. The van der Waals surface area contributed by atoms with Crippen molar-refractivity contribution in [2.75, 3.05) is 26.3 Å². The molecule has 5 rings (SSSR count). The van der Waals surface area contributed by atoms with Gasteiger partial charge in [-0.3, -0.25) is 9.36 Å². The minimum Gasteiger partial charge on any atom is -0.483 e. The molecule has 7 nitrogen and oxygen atoms in total. The molecule has 0 N–H and O–H groups in total. The van der Waals surface area contributed by atoms with Crippen LogP contribution in [0.3, 0.4) is 0 Å². The number of hydrogen-bond acceptors (Lipinski definition) is 6. The Bertz CT molecular complexity index is 1010. The van der Waals surface area contributed by atoms with Crippen LogP contribution in [-0.4, -0.2) is 57.1 Å². The fourth-order valence-corrected chi connectivity index (χ4v) is 6.96. The summed E-state index contributed by atoms with van der Waals surface area (Å²) in [5.41, 5.74) is 0. The van der Waals surface area contributed by atoms with Gasteiger partial charge in [-0.05, 0) is 63.0 Å². The molecule has 1 amide bonds. The van der Waals surface area contributed by atoms with Gasteiger partial charge in [-0.25, -0.2) is 4.39 Å². The third-order valence-corrected chi connectivity index (χ3v) is 8.75. The average molecular weight is 489 g/mol. The van der Waals surface area contributed by atoms with Crippen molar-refractivity contribution in [3.8, 4) is 5.75 Å². The number of ether oxygens (including phenoxy) is 2. The number of hydrogen-bond donors (Lipinski definition) is 0. The largest absolute Gasteiger partial charge is 0.483 e. The average Bonchev–Trinajstić information content (AvgIpc) is 3.59. The molecule has 2 aliphatic carbocycles. The number of morpholine rings is 1. The molecule has 2 heterocycles. The van der Waals surface area contributed by atoms with Crippen molar-refractivity contribution in [2.45, 2.75) is 62.6 Å². The van der Waals surface area contributed by atoms with Crippen LogP contribution >= 0.6 is 11.8 Å². The monoisotopic (exact) mass is 488 g/mol. The molecule has 1 saturated heterocycles. The van der Waals surface area contributed by atoms with E-state index in [-0.39, 0.29) is 29.6 Å². The van der Waals surface area contributed by atoms with E-state index in [0.29, 0.717) is 38.0 Å². The topological polar surface area (TPSA) is 69.5 Å². The van der Waals surface area contributed by atoms with Crippen LogP contribution in [0.25, 0.3) is 0 Å². The lowest BCUT2D eigenvalue weighted by atomic mass is 9.84. The van der Waals surface area contributed by atoms with Crippen molar-refractivity contribution in [3.05, 3.63) is 35.9 Å². The molecule has 1 aromatic carbocycles. The highest BCUT2D eigenvalue weighted by Crippen LogP contribution is 2.52. The number of para-hydroxylation sites is 1. The fourth-order valence-electron chi connectivity index (χ4n) is 5.92. The van der Waals surface area contributed by atoms with Crippen molar-refractivity contribution in [1.29, 1.82) is 0 Å². The predicted molar refractivity (Wildman–Crippen MR) is 127 cm³/mol. The summed E-state index contributed by atoms with van der Waals surface area (Å²) in [6.07, 6.45) is 5.17. The number of halogens is 1. The molecule has 3 fully saturated rings. The summed E-state index contributed by atoms with van der Waals surface area (Å²) < 4.78 is 27.5. The smallest absolute Gasteiger partial charge is 0.236 e. The molecule has 0 spiro atoms. The lowest BCUT2D eigenvalue weighted by molar-refractivity contribution is -0.134. The third kappa shape index (κ3) is 4.82. The van der Waals surface area contributed by atoms with Gasteiger partial charge in [-0.2, -0.15) is 0 Å². The molecular formula is C25H33FN4O3S. The van der Waals surface area contributed by atoms with E-state index in [1.807, 2.05) is 11.8 Å². The molecule has 34 heavy (non-hydrogen) atoms. The maximum atomic E-state index is 14.1. The van der Waals surface area contributed by atoms with Crippen LogP contribution < -0.4 is 4.74 Å². The maximum absolute atomic E-state index is 14.1. The van der Waals surface area contributed by atoms with Crippen LogP contribution in [0.5, 0.6) is 5.75 Å². The molecule has 9 heteroatoms.